The zero-order valence-electron chi connectivity index (χ0n) is 24.0. The molecule has 2 aromatic heterocycles. The smallest absolute Gasteiger partial charge is 0.267 e. The summed E-state index contributed by atoms with van der Waals surface area (Å²) in [6, 6.07) is 4.09. The molecule has 1 aromatic carbocycles. The largest absolute Gasteiger partial charge is 0.337 e. The molecule has 158 valence electrons. The van der Waals surface area contributed by atoms with Crippen LogP contribution in [0.2, 0.25) is 2.82 Å². The molecule has 30 heavy (non-hydrogen) atoms. The molecule has 0 fully saturated rings. The van der Waals surface area contributed by atoms with Crippen molar-refractivity contribution < 1.29 is 33.6 Å². The number of anilines is 2. The second-order valence-electron chi connectivity index (χ2n) is 6.34. The van der Waals surface area contributed by atoms with Gasteiger partial charge in [0.1, 0.15) is 9.77 Å². The van der Waals surface area contributed by atoms with Crippen molar-refractivity contribution >= 4 is 44.6 Å². The number of nitrogens with one attached hydrogen (secondary N) is 2. The van der Waals surface area contributed by atoms with Crippen LogP contribution < -0.4 is 10.0 Å². The second-order valence-corrected chi connectivity index (χ2v) is 8.83. The molecule has 3 aromatic rings. The maximum absolute atomic E-state index is 13.3. The Bertz CT molecular complexity index is 1530. The van der Waals surface area contributed by atoms with Crippen molar-refractivity contribution in [1.29, 1.82) is 0 Å². The number of hydrogen-bond donors (Lipinski definition) is 2. The van der Waals surface area contributed by atoms with Crippen LogP contribution in [0, 0.1) is 27.6 Å². The maximum Gasteiger partial charge on any atom is 0.267 e. The first-order valence-electron chi connectivity index (χ1n) is 12.3. The monoisotopic (exact) mass is 455 g/mol. The summed E-state index contributed by atoms with van der Waals surface area (Å²) in [5, 5.41) is 4.76. The van der Waals surface area contributed by atoms with E-state index in [4.69, 9.17) is 15.6 Å². The van der Waals surface area contributed by atoms with Crippen LogP contribution in [-0.4, -0.2) is 25.3 Å². The fourth-order valence-electron chi connectivity index (χ4n) is 2.69. The van der Waals surface area contributed by atoms with Gasteiger partial charge in [-0.25, -0.2) is 13.1 Å². The van der Waals surface area contributed by atoms with Gasteiger partial charge in [-0.1, -0.05) is 11.2 Å². The molecule has 0 saturated carbocycles. The summed E-state index contributed by atoms with van der Waals surface area (Å²) in [5.41, 5.74) is -1.02. The third kappa shape index (κ3) is 4.14. The van der Waals surface area contributed by atoms with Crippen molar-refractivity contribution in [3.63, 3.8) is 0 Å². The molecule has 8 nitrogen and oxygen atoms in total. The van der Waals surface area contributed by atoms with Crippen LogP contribution in [0.25, 0.3) is 0 Å². The summed E-state index contributed by atoms with van der Waals surface area (Å²) in [6.45, 7) is -1.76. The Hall–Kier alpha value is -2.98. The van der Waals surface area contributed by atoms with E-state index in [0.29, 0.717) is 27.8 Å². The minimum absolute atomic E-state index is 0.0604. The molecule has 0 atom stereocenters. The number of sulfonamides is 1. The second kappa shape index (κ2) is 8.04. The van der Waals surface area contributed by atoms with Crippen LogP contribution in [0.3, 0.4) is 0 Å². The number of aryl methyl sites for hydroxylation is 3. The van der Waals surface area contributed by atoms with Crippen molar-refractivity contribution in [2.45, 2.75) is 39.4 Å². The van der Waals surface area contributed by atoms with Gasteiger partial charge in [-0.2, -0.15) is 0 Å². The van der Waals surface area contributed by atoms with E-state index >= 15 is 0 Å². The van der Waals surface area contributed by atoms with E-state index < -0.39 is 62.3 Å². The van der Waals surface area contributed by atoms with E-state index in [2.05, 4.69) is 5.16 Å². The van der Waals surface area contributed by atoms with Gasteiger partial charge in [0.2, 0.25) is 5.88 Å². The molecule has 10 heteroatoms. The summed E-state index contributed by atoms with van der Waals surface area (Å²) >= 11 is 0.630. The number of thiophene rings is 1. The lowest BCUT2D eigenvalue weighted by Gasteiger charge is -2.14. The molecular formula is C20H21N3O5S2. The number of hydrogen-bond acceptors (Lipinski definition) is 7. The summed E-state index contributed by atoms with van der Waals surface area (Å²) in [7, 11) is -5.05. The lowest BCUT2D eigenvalue weighted by molar-refractivity contribution is 0.101. The Morgan fingerprint density at radius 1 is 1.27 bits per heavy atom. The topological polar surface area (TPSA) is 118 Å². The Balaban J connectivity index is 2.12. The van der Waals surface area contributed by atoms with Gasteiger partial charge in [0.05, 0.1) is 11.4 Å². The minimum Gasteiger partial charge on any atom is -0.337 e. The molecule has 3 rings (SSSR count). The highest BCUT2D eigenvalue weighted by atomic mass is 32.2. The fourth-order valence-corrected chi connectivity index (χ4v) is 4.91. The highest BCUT2D eigenvalue weighted by Crippen LogP contribution is 2.29. The van der Waals surface area contributed by atoms with Crippen LogP contribution in [0.5, 0.6) is 0 Å². The number of ketones is 1. The van der Waals surface area contributed by atoms with Gasteiger partial charge in [-0.3, -0.25) is 9.59 Å². The molecule has 0 aliphatic heterocycles. The Labute approximate surface area is 189 Å². The van der Waals surface area contributed by atoms with Crippen molar-refractivity contribution in [3.05, 3.63) is 56.4 Å². The van der Waals surface area contributed by atoms with Crippen LogP contribution in [-0.2, 0) is 10.0 Å². The average molecular weight is 456 g/mol. The van der Waals surface area contributed by atoms with Gasteiger partial charge >= 0.3 is 0 Å². The predicted octanol–water partition coefficient (Wildman–Crippen LogP) is 4.23. The normalized spacial score (nSPS) is 16.1. The number of carbonyl (C=O) groups excluding carboxylic acids is 2. The number of rotatable bonds is 6. The first-order valence-corrected chi connectivity index (χ1v) is 10.7. The molecular weight excluding hydrogens is 426 g/mol. The van der Waals surface area contributed by atoms with Crippen LogP contribution >= 0.6 is 11.3 Å². The highest BCUT2D eigenvalue weighted by Gasteiger charge is 2.27. The van der Waals surface area contributed by atoms with Crippen molar-refractivity contribution in [3.8, 4) is 0 Å². The number of nitrogens with zero attached hydrogens (tertiary/aromatic N) is 1. The Kier molecular flexibility index (Phi) is 3.58. The number of benzene rings is 1. The van der Waals surface area contributed by atoms with Crippen LogP contribution in [0.4, 0.5) is 11.6 Å². The van der Waals surface area contributed by atoms with E-state index in [1.165, 1.54) is 18.4 Å². The summed E-state index contributed by atoms with van der Waals surface area (Å²) in [6.07, 6.45) is 0. The Morgan fingerprint density at radius 2 is 2.03 bits per heavy atom. The van der Waals surface area contributed by atoms with Gasteiger partial charge in [0.25, 0.3) is 15.9 Å². The van der Waals surface area contributed by atoms with Crippen molar-refractivity contribution in [1.82, 2.24) is 5.16 Å². The molecule has 0 saturated heterocycles. The standard InChI is InChI=1S/C20H21N3O5S2/c1-10-8-11(2)17(15(9-10)14(5)24)21-19(25)18-16(6-7-29-18)30(26,27)23-20-12(3)13(4)22-28-20/h6-9,23H,1-5H3,(H,21,25)/i3D3,4D3/hD2. The lowest BCUT2D eigenvalue weighted by Crippen LogP contribution is -2.20. The van der Waals surface area contributed by atoms with Gasteiger partial charge in [-0.05, 0) is 63.1 Å². The first-order chi connectivity index (χ1) is 17.3. The zero-order chi connectivity index (χ0) is 29.0. The summed E-state index contributed by atoms with van der Waals surface area (Å²) < 4.78 is 93.0. The number of amides is 1. The zero-order valence-corrected chi connectivity index (χ0v) is 17.6. The SMILES string of the molecule is [2H]N(C(=O)c1sccc1S(=O)(=O)N([2H])c1onc(C([2H])([2H])[2H])c1C([2H])([2H])[2H])c1c(C)cc(C)cc1C(C)=O. The molecule has 1 amide bonds. The number of Topliss-reactive ketones (excluding diaryl/α,β-unsaturated/α-hetero) is 1. The van der Waals surface area contributed by atoms with E-state index in [1.54, 1.807) is 19.9 Å². The molecule has 0 aliphatic rings. The van der Waals surface area contributed by atoms with Gasteiger partial charge < -0.3 is 9.83 Å². The lowest BCUT2D eigenvalue weighted by atomic mass is 10.0. The van der Waals surface area contributed by atoms with Crippen molar-refractivity contribution in [2.24, 2.45) is 0 Å². The quantitative estimate of drug-likeness (QED) is 0.537. The maximum atomic E-state index is 13.3. The van der Waals surface area contributed by atoms with Crippen molar-refractivity contribution in [2.75, 3.05) is 10.0 Å². The third-order valence-electron chi connectivity index (χ3n) is 4.02. The van der Waals surface area contributed by atoms with Gasteiger partial charge in [-0.15, -0.1) is 11.3 Å². The fraction of sp³-hybridized carbons (Fsp3) is 0.250. The molecule has 2 N–H and O–H groups in total. The van der Waals surface area contributed by atoms with E-state index in [-0.39, 0.29) is 16.0 Å². The van der Waals surface area contributed by atoms with Crippen LogP contribution in [0.1, 0.15) is 57.6 Å². The summed E-state index contributed by atoms with van der Waals surface area (Å²) in [5.74, 6) is -2.75. The first kappa shape index (κ1) is 13.3. The summed E-state index contributed by atoms with van der Waals surface area (Å²) in [4.78, 5) is 24.2. The molecule has 0 radical (unpaired) electrons. The molecule has 0 spiro atoms. The van der Waals surface area contributed by atoms with E-state index in [9.17, 15) is 18.0 Å². The molecule has 0 aliphatic carbocycles. The predicted molar refractivity (Wildman–Crippen MR) is 115 cm³/mol. The van der Waals surface area contributed by atoms with E-state index in [1.807, 2.05) is 0 Å². The number of aromatic nitrogens is 1. The van der Waals surface area contributed by atoms with E-state index in [0.717, 1.165) is 6.07 Å². The third-order valence-corrected chi connectivity index (χ3v) is 6.35. The highest BCUT2D eigenvalue weighted by molar-refractivity contribution is 7.93. The molecule has 0 bridgehead atoms. The van der Waals surface area contributed by atoms with Gasteiger partial charge in [0.15, 0.2) is 8.61 Å². The van der Waals surface area contributed by atoms with Crippen LogP contribution in [0.15, 0.2) is 33.0 Å². The average Bonchev–Trinajstić information content (AvgIpc) is 3.44. The number of carbonyl (C=O) groups is 2. The molecule has 0 unspecified atom stereocenters. The molecule has 2 heterocycles. The minimum atomic E-state index is -5.05. The van der Waals surface area contributed by atoms with Gasteiger partial charge in [0, 0.05) is 19.4 Å². The Morgan fingerprint density at radius 3 is 2.70 bits per heavy atom.